The SMILES string of the molecule is COC(=O)C1CN(c2cccc(N3c4ccc(C(F)(F)F)cc4C4CC(C)(C)CCC43)c2)C1. The minimum atomic E-state index is -4.35. The summed E-state index contributed by atoms with van der Waals surface area (Å²) >= 11 is 0. The molecule has 0 aromatic heterocycles. The van der Waals surface area contributed by atoms with Gasteiger partial charge in [-0.3, -0.25) is 4.79 Å². The van der Waals surface area contributed by atoms with E-state index in [4.69, 9.17) is 4.74 Å². The summed E-state index contributed by atoms with van der Waals surface area (Å²) < 4.78 is 45.3. The van der Waals surface area contributed by atoms with Crippen LogP contribution in [0.5, 0.6) is 0 Å². The molecule has 176 valence electrons. The van der Waals surface area contributed by atoms with Crippen molar-refractivity contribution in [3.63, 3.8) is 0 Å². The molecule has 3 aliphatic rings. The molecule has 2 aliphatic heterocycles. The van der Waals surface area contributed by atoms with E-state index in [0.29, 0.717) is 13.1 Å². The number of methoxy groups -OCH3 is 1. The average Bonchev–Trinajstić information content (AvgIpc) is 3.04. The highest BCUT2D eigenvalue weighted by atomic mass is 19.4. The summed E-state index contributed by atoms with van der Waals surface area (Å²) in [7, 11) is 1.41. The second kappa shape index (κ2) is 7.67. The predicted molar refractivity (Wildman–Crippen MR) is 122 cm³/mol. The molecule has 2 aromatic carbocycles. The highest BCUT2D eigenvalue weighted by molar-refractivity contribution is 5.78. The third-order valence-electron chi connectivity index (χ3n) is 7.59. The summed E-state index contributed by atoms with van der Waals surface area (Å²) in [6.07, 6.45) is -1.51. The van der Waals surface area contributed by atoms with Gasteiger partial charge in [0.05, 0.1) is 18.6 Å². The molecule has 0 radical (unpaired) electrons. The molecule has 2 heterocycles. The monoisotopic (exact) mass is 458 g/mol. The average molecular weight is 459 g/mol. The number of carbonyl (C=O) groups excluding carboxylic acids is 1. The van der Waals surface area contributed by atoms with Crippen LogP contribution >= 0.6 is 0 Å². The van der Waals surface area contributed by atoms with Gasteiger partial charge in [0.25, 0.3) is 0 Å². The number of hydrogen-bond acceptors (Lipinski definition) is 4. The van der Waals surface area contributed by atoms with Gasteiger partial charge in [-0.05, 0) is 66.6 Å². The number of hydrogen-bond donors (Lipinski definition) is 0. The molecule has 0 bridgehead atoms. The van der Waals surface area contributed by atoms with Crippen molar-refractivity contribution >= 4 is 23.0 Å². The fourth-order valence-corrected chi connectivity index (χ4v) is 5.80. The Balaban J connectivity index is 1.50. The first-order chi connectivity index (χ1) is 15.6. The van der Waals surface area contributed by atoms with Crippen molar-refractivity contribution in [2.45, 2.75) is 51.2 Å². The molecule has 0 N–H and O–H groups in total. The van der Waals surface area contributed by atoms with Crippen LogP contribution in [0.15, 0.2) is 42.5 Å². The summed E-state index contributed by atoms with van der Waals surface area (Å²) in [5.74, 6) is -0.233. The maximum absolute atomic E-state index is 13.5. The molecule has 4 nitrogen and oxygen atoms in total. The summed E-state index contributed by atoms with van der Waals surface area (Å²) in [4.78, 5) is 16.1. The molecule has 33 heavy (non-hydrogen) atoms. The first-order valence-corrected chi connectivity index (χ1v) is 11.5. The minimum absolute atomic E-state index is 0.0717. The fraction of sp³-hybridized carbons (Fsp3) is 0.500. The molecule has 7 heteroatoms. The van der Waals surface area contributed by atoms with E-state index in [9.17, 15) is 18.0 Å². The smallest absolute Gasteiger partial charge is 0.416 e. The van der Waals surface area contributed by atoms with Crippen LogP contribution in [-0.2, 0) is 15.7 Å². The van der Waals surface area contributed by atoms with Crippen LogP contribution in [0.3, 0.4) is 0 Å². The lowest BCUT2D eigenvalue weighted by molar-refractivity contribution is -0.146. The van der Waals surface area contributed by atoms with Gasteiger partial charge in [0.1, 0.15) is 0 Å². The van der Waals surface area contributed by atoms with Crippen molar-refractivity contribution in [2.24, 2.45) is 11.3 Å². The van der Waals surface area contributed by atoms with E-state index in [0.717, 1.165) is 41.9 Å². The normalized spacial score (nSPS) is 24.2. The Morgan fingerprint density at radius 3 is 2.52 bits per heavy atom. The third-order valence-corrected chi connectivity index (χ3v) is 7.59. The number of fused-ring (bicyclic) bond motifs is 3. The Bertz CT molecular complexity index is 1080. The molecule has 0 spiro atoms. The molecular formula is C26H29F3N2O2. The molecule has 1 saturated heterocycles. The van der Waals surface area contributed by atoms with Gasteiger partial charge in [-0.2, -0.15) is 13.2 Å². The number of ether oxygens (including phenoxy) is 1. The molecule has 2 unspecified atom stereocenters. The van der Waals surface area contributed by atoms with Gasteiger partial charge < -0.3 is 14.5 Å². The van der Waals surface area contributed by atoms with Crippen molar-refractivity contribution < 1.29 is 22.7 Å². The first-order valence-electron chi connectivity index (χ1n) is 11.5. The second-order valence-corrected chi connectivity index (χ2v) is 10.4. The van der Waals surface area contributed by atoms with E-state index in [1.54, 1.807) is 6.07 Å². The van der Waals surface area contributed by atoms with Gasteiger partial charge in [0.15, 0.2) is 0 Å². The Labute approximate surface area is 192 Å². The van der Waals surface area contributed by atoms with E-state index in [2.05, 4.69) is 29.7 Å². The lowest BCUT2D eigenvalue weighted by Gasteiger charge is -2.42. The number of benzene rings is 2. The second-order valence-electron chi connectivity index (χ2n) is 10.4. The molecule has 0 amide bonds. The van der Waals surface area contributed by atoms with Crippen LogP contribution in [0.2, 0.25) is 0 Å². The number of anilines is 3. The highest BCUT2D eigenvalue weighted by Crippen LogP contribution is 2.56. The van der Waals surface area contributed by atoms with E-state index < -0.39 is 11.7 Å². The maximum atomic E-state index is 13.5. The largest absolute Gasteiger partial charge is 0.469 e. The van der Waals surface area contributed by atoms with E-state index in [-0.39, 0.29) is 29.3 Å². The zero-order chi connectivity index (χ0) is 23.5. The van der Waals surface area contributed by atoms with Crippen LogP contribution in [-0.4, -0.2) is 32.2 Å². The standard InChI is InChI=1S/C26H29F3N2O2/c1-25(2)10-9-23-21(13-25)20-11-17(26(27,28)29)7-8-22(20)31(23)19-6-4-5-18(12-19)30-14-16(15-30)24(32)33-3/h4-8,11-12,16,21,23H,9-10,13-15H2,1-3H3. The molecule has 2 atom stereocenters. The molecule has 1 aliphatic carbocycles. The minimum Gasteiger partial charge on any atom is -0.469 e. The first kappa shape index (κ1) is 22.1. The number of rotatable bonds is 3. The molecule has 2 aromatic rings. The van der Waals surface area contributed by atoms with E-state index in [1.165, 1.54) is 19.2 Å². The molecular weight excluding hydrogens is 429 g/mol. The summed E-state index contributed by atoms with van der Waals surface area (Å²) in [5, 5.41) is 0. The van der Waals surface area contributed by atoms with Crippen molar-refractivity contribution in [2.75, 3.05) is 30.0 Å². The zero-order valence-electron chi connectivity index (χ0n) is 19.2. The number of alkyl halides is 3. The van der Waals surface area contributed by atoms with Crippen LogP contribution in [0.4, 0.5) is 30.2 Å². The van der Waals surface area contributed by atoms with Crippen LogP contribution in [0.1, 0.15) is 50.2 Å². The van der Waals surface area contributed by atoms with Gasteiger partial charge >= 0.3 is 12.1 Å². The lowest BCUT2D eigenvalue weighted by Crippen LogP contribution is -2.50. The molecule has 2 fully saturated rings. The predicted octanol–water partition coefficient (Wildman–Crippen LogP) is 6.13. The Morgan fingerprint density at radius 2 is 1.82 bits per heavy atom. The summed E-state index contributed by atoms with van der Waals surface area (Å²) in [5.41, 5.74) is 3.22. The summed E-state index contributed by atoms with van der Waals surface area (Å²) in [6, 6.07) is 12.5. The van der Waals surface area contributed by atoms with Crippen LogP contribution < -0.4 is 9.80 Å². The van der Waals surface area contributed by atoms with Gasteiger partial charge in [-0.1, -0.05) is 19.9 Å². The summed E-state index contributed by atoms with van der Waals surface area (Å²) in [6.45, 7) is 5.65. The van der Waals surface area contributed by atoms with E-state index >= 15 is 0 Å². The topological polar surface area (TPSA) is 32.8 Å². The van der Waals surface area contributed by atoms with Crippen LogP contribution in [0, 0.1) is 11.3 Å². The number of halogens is 3. The maximum Gasteiger partial charge on any atom is 0.416 e. The fourth-order valence-electron chi connectivity index (χ4n) is 5.80. The van der Waals surface area contributed by atoms with Crippen LogP contribution in [0.25, 0.3) is 0 Å². The van der Waals surface area contributed by atoms with Crippen molar-refractivity contribution in [1.29, 1.82) is 0 Å². The van der Waals surface area contributed by atoms with Gasteiger partial charge in [0, 0.05) is 42.1 Å². The third kappa shape index (κ3) is 3.85. The number of nitrogens with zero attached hydrogens (tertiary/aromatic N) is 2. The highest BCUT2D eigenvalue weighted by Gasteiger charge is 2.46. The van der Waals surface area contributed by atoms with Crippen molar-refractivity contribution in [1.82, 2.24) is 0 Å². The Morgan fingerprint density at radius 1 is 1.09 bits per heavy atom. The number of esters is 1. The van der Waals surface area contributed by atoms with Gasteiger partial charge in [-0.25, -0.2) is 0 Å². The van der Waals surface area contributed by atoms with E-state index in [1.807, 2.05) is 18.2 Å². The quantitative estimate of drug-likeness (QED) is 0.518. The molecule has 1 saturated carbocycles. The number of carbonyl (C=O) groups is 1. The van der Waals surface area contributed by atoms with Crippen molar-refractivity contribution in [3.8, 4) is 0 Å². The molecule has 5 rings (SSSR count). The van der Waals surface area contributed by atoms with Gasteiger partial charge in [-0.15, -0.1) is 0 Å². The van der Waals surface area contributed by atoms with Gasteiger partial charge in [0.2, 0.25) is 0 Å². The lowest BCUT2D eigenvalue weighted by atomic mass is 9.69. The Kier molecular flexibility index (Phi) is 5.14. The van der Waals surface area contributed by atoms with Crippen molar-refractivity contribution in [3.05, 3.63) is 53.6 Å². The zero-order valence-corrected chi connectivity index (χ0v) is 19.2. The Hall–Kier alpha value is -2.70.